The second-order valence-electron chi connectivity index (χ2n) is 1.87. The van der Waals surface area contributed by atoms with E-state index < -0.39 is 0 Å². The van der Waals surface area contributed by atoms with Crippen LogP contribution in [0.4, 0.5) is 4.39 Å². The second kappa shape index (κ2) is 2.36. The van der Waals surface area contributed by atoms with E-state index in [1.807, 2.05) is 0 Å². The molecule has 0 aliphatic heterocycles. The van der Waals surface area contributed by atoms with Crippen LogP contribution in [0.25, 0.3) is 0 Å². The Morgan fingerprint density at radius 1 is 1.67 bits per heavy atom. The van der Waals surface area contributed by atoms with Crippen molar-refractivity contribution in [1.82, 2.24) is 0 Å². The van der Waals surface area contributed by atoms with Crippen molar-refractivity contribution in [3.05, 3.63) is 35.2 Å². The lowest BCUT2D eigenvalue weighted by Crippen LogP contribution is -1.85. The molecule has 0 heterocycles. The van der Waals surface area contributed by atoms with Crippen LogP contribution in [0, 0.1) is 0 Å². The molecule has 0 spiro atoms. The molecule has 0 fully saturated rings. The van der Waals surface area contributed by atoms with E-state index in [-0.39, 0.29) is 5.83 Å². The van der Waals surface area contributed by atoms with Gasteiger partial charge >= 0.3 is 0 Å². The van der Waals surface area contributed by atoms with Crippen molar-refractivity contribution in [3.63, 3.8) is 0 Å². The molecule has 0 saturated heterocycles. The minimum atomic E-state index is -0.176. The highest BCUT2D eigenvalue weighted by atomic mass is 35.5. The van der Waals surface area contributed by atoms with E-state index in [2.05, 4.69) is 6.58 Å². The van der Waals surface area contributed by atoms with Crippen LogP contribution in [-0.2, 0) is 0 Å². The van der Waals surface area contributed by atoms with Crippen LogP contribution in [0.3, 0.4) is 0 Å². The van der Waals surface area contributed by atoms with Crippen LogP contribution in [0.5, 0.6) is 0 Å². The zero-order valence-corrected chi connectivity index (χ0v) is 5.58. The maximum atomic E-state index is 12.3. The van der Waals surface area contributed by atoms with Crippen molar-refractivity contribution >= 4 is 11.6 Å². The van der Waals surface area contributed by atoms with Gasteiger partial charge in [-0.15, -0.1) is 0 Å². The molecule has 1 aliphatic carbocycles. The van der Waals surface area contributed by atoms with Gasteiger partial charge in [0, 0.05) is 11.5 Å². The number of hydrogen-bond acceptors (Lipinski definition) is 0. The third-order valence-electron chi connectivity index (χ3n) is 1.11. The Balaban J connectivity index is 2.82. The molecule has 0 saturated carbocycles. The van der Waals surface area contributed by atoms with E-state index in [1.165, 1.54) is 6.08 Å². The molecule has 0 N–H and O–H groups in total. The first-order chi connectivity index (χ1) is 4.20. The van der Waals surface area contributed by atoms with Gasteiger partial charge < -0.3 is 0 Å². The summed E-state index contributed by atoms with van der Waals surface area (Å²) in [6, 6.07) is 0. The third kappa shape index (κ3) is 1.42. The summed E-state index contributed by atoms with van der Waals surface area (Å²) < 4.78 is 12.3. The first-order valence-electron chi connectivity index (χ1n) is 2.61. The minimum Gasteiger partial charge on any atom is -0.211 e. The van der Waals surface area contributed by atoms with Crippen molar-refractivity contribution in [2.75, 3.05) is 0 Å². The summed E-state index contributed by atoms with van der Waals surface area (Å²) in [5.74, 6) is -0.176. The number of hydrogen-bond donors (Lipinski definition) is 0. The lowest BCUT2D eigenvalue weighted by molar-refractivity contribution is 0.614. The van der Waals surface area contributed by atoms with Crippen molar-refractivity contribution in [3.8, 4) is 0 Å². The molecule has 0 amide bonds. The summed E-state index contributed by atoms with van der Waals surface area (Å²) in [4.78, 5) is 0. The standard InChI is InChI=1S/C7H6ClF/c1-5-4-6(9)2-3-7(5)8/h3-4H,1-2H2. The zero-order chi connectivity index (χ0) is 6.85. The Morgan fingerprint density at radius 3 is 2.78 bits per heavy atom. The third-order valence-corrected chi connectivity index (χ3v) is 1.51. The Hall–Kier alpha value is -0.560. The topological polar surface area (TPSA) is 0 Å². The molecular weight excluding hydrogens is 139 g/mol. The summed E-state index contributed by atoms with van der Waals surface area (Å²) in [6.45, 7) is 3.53. The molecule has 1 rings (SSSR count). The van der Waals surface area contributed by atoms with Crippen molar-refractivity contribution in [2.24, 2.45) is 0 Å². The Bertz CT molecular complexity index is 201. The number of rotatable bonds is 0. The second-order valence-corrected chi connectivity index (χ2v) is 2.28. The lowest BCUT2D eigenvalue weighted by atomic mass is 10.1. The maximum absolute atomic E-state index is 12.3. The molecule has 0 radical (unpaired) electrons. The molecule has 0 aromatic carbocycles. The number of allylic oxidation sites excluding steroid dienone is 5. The van der Waals surface area contributed by atoms with Crippen molar-refractivity contribution in [2.45, 2.75) is 6.42 Å². The fourth-order valence-corrected chi connectivity index (χ4v) is 0.767. The van der Waals surface area contributed by atoms with Gasteiger partial charge in [0.1, 0.15) is 5.83 Å². The molecule has 0 bridgehead atoms. The van der Waals surface area contributed by atoms with Crippen molar-refractivity contribution in [1.29, 1.82) is 0 Å². The molecule has 9 heavy (non-hydrogen) atoms. The summed E-state index contributed by atoms with van der Waals surface area (Å²) >= 11 is 5.58. The van der Waals surface area contributed by atoms with Gasteiger partial charge in [-0.25, -0.2) is 4.39 Å². The lowest BCUT2D eigenvalue weighted by Gasteiger charge is -2.03. The van der Waals surface area contributed by atoms with Crippen LogP contribution in [-0.4, -0.2) is 0 Å². The SMILES string of the molecule is C=C1C=C(F)CC=C1Cl. The molecule has 48 valence electrons. The maximum Gasteiger partial charge on any atom is 0.104 e. The van der Waals surface area contributed by atoms with Gasteiger partial charge in [0.15, 0.2) is 0 Å². The van der Waals surface area contributed by atoms with Crippen LogP contribution in [0.15, 0.2) is 35.2 Å². The molecular formula is C7H6ClF. The van der Waals surface area contributed by atoms with Gasteiger partial charge in [0.05, 0.1) is 0 Å². The molecule has 2 heteroatoms. The molecule has 0 unspecified atom stereocenters. The minimum absolute atomic E-state index is 0.176. The van der Waals surface area contributed by atoms with Gasteiger partial charge in [-0.05, 0) is 11.6 Å². The fraction of sp³-hybridized carbons (Fsp3) is 0.143. The van der Waals surface area contributed by atoms with Crippen LogP contribution < -0.4 is 0 Å². The quantitative estimate of drug-likeness (QED) is 0.491. The highest BCUT2D eigenvalue weighted by Crippen LogP contribution is 2.24. The average Bonchev–Trinajstić information content (AvgIpc) is 1.80. The summed E-state index contributed by atoms with van der Waals surface area (Å²) in [6.07, 6.45) is 3.26. The molecule has 0 aromatic heterocycles. The summed E-state index contributed by atoms with van der Waals surface area (Å²) in [7, 11) is 0. The molecule has 0 atom stereocenters. The van der Waals surface area contributed by atoms with Crippen molar-refractivity contribution < 1.29 is 4.39 Å². The van der Waals surface area contributed by atoms with E-state index in [0.29, 0.717) is 17.0 Å². The summed E-state index contributed by atoms with van der Waals surface area (Å²) in [5, 5.41) is 0.552. The van der Waals surface area contributed by atoms with Gasteiger partial charge in [0.25, 0.3) is 0 Å². The van der Waals surface area contributed by atoms with E-state index in [9.17, 15) is 4.39 Å². The van der Waals surface area contributed by atoms with Crippen LogP contribution in [0.1, 0.15) is 6.42 Å². The van der Waals surface area contributed by atoms with Crippen LogP contribution in [0.2, 0.25) is 0 Å². The molecule has 0 nitrogen and oxygen atoms in total. The smallest absolute Gasteiger partial charge is 0.104 e. The predicted molar refractivity (Wildman–Crippen MR) is 36.9 cm³/mol. The van der Waals surface area contributed by atoms with Gasteiger partial charge in [-0.3, -0.25) is 0 Å². The molecule has 1 aliphatic rings. The van der Waals surface area contributed by atoms with Gasteiger partial charge in [-0.2, -0.15) is 0 Å². The van der Waals surface area contributed by atoms with E-state index >= 15 is 0 Å². The Kier molecular flexibility index (Phi) is 1.72. The fourth-order valence-electron chi connectivity index (χ4n) is 0.635. The average molecular weight is 145 g/mol. The monoisotopic (exact) mass is 144 g/mol. The zero-order valence-electron chi connectivity index (χ0n) is 4.82. The van der Waals surface area contributed by atoms with Crippen LogP contribution >= 0.6 is 11.6 Å². The molecule has 0 aromatic rings. The Morgan fingerprint density at radius 2 is 2.33 bits per heavy atom. The Labute approximate surface area is 58.3 Å². The van der Waals surface area contributed by atoms with E-state index in [4.69, 9.17) is 11.6 Å². The largest absolute Gasteiger partial charge is 0.211 e. The van der Waals surface area contributed by atoms with E-state index in [1.54, 1.807) is 6.08 Å². The first kappa shape index (κ1) is 6.56. The highest BCUT2D eigenvalue weighted by molar-refractivity contribution is 6.32. The number of halogens is 2. The van der Waals surface area contributed by atoms with Gasteiger partial charge in [0.2, 0.25) is 0 Å². The predicted octanol–water partition coefficient (Wildman–Crippen LogP) is 2.92. The normalized spacial score (nSPS) is 19.1. The van der Waals surface area contributed by atoms with Gasteiger partial charge in [-0.1, -0.05) is 24.3 Å². The highest BCUT2D eigenvalue weighted by Gasteiger charge is 2.04. The first-order valence-corrected chi connectivity index (χ1v) is 2.99. The van der Waals surface area contributed by atoms with E-state index in [0.717, 1.165) is 0 Å². The summed E-state index contributed by atoms with van der Waals surface area (Å²) in [5.41, 5.74) is 0.556.